The molecule has 0 saturated carbocycles. The minimum Gasteiger partial charge on any atom is -0.324 e. The molecule has 16 heavy (non-hydrogen) atoms. The SMILES string of the molecule is N[C@]12CCCN(C1)[C@H](c1ccccc1)CC2. The van der Waals surface area contributed by atoms with Crippen molar-refractivity contribution in [2.45, 2.75) is 37.3 Å². The van der Waals surface area contributed by atoms with Crippen LogP contribution in [0.1, 0.15) is 37.3 Å². The lowest BCUT2D eigenvalue weighted by Crippen LogP contribution is -2.58. The maximum absolute atomic E-state index is 6.40. The van der Waals surface area contributed by atoms with Crippen LogP contribution >= 0.6 is 0 Å². The zero-order chi connectivity index (χ0) is 11.0. The van der Waals surface area contributed by atoms with Crippen molar-refractivity contribution in [1.29, 1.82) is 0 Å². The Kier molecular flexibility index (Phi) is 2.49. The smallest absolute Gasteiger partial charge is 0.0349 e. The third kappa shape index (κ3) is 1.76. The van der Waals surface area contributed by atoms with Crippen molar-refractivity contribution in [2.75, 3.05) is 13.1 Å². The van der Waals surface area contributed by atoms with Crippen LogP contribution in [-0.2, 0) is 0 Å². The summed E-state index contributed by atoms with van der Waals surface area (Å²) in [4.78, 5) is 2.59. The van der Waals surface area contributed by atoms with Crippen LogP contribution in [0.4, 0.5) is 0 Å². The summed E-state index contributed by atoms with van der Waals surface area (Å²) in [6.07, 6.45) is 4.88. The van der Waals surface area contributed by atoms with E-state index >= 15 is 0 Å². The van der Waals surface area contributed by atoms with Crippen LogP contribution in [0.15, 0.2) is 30.3 Å². The fourth-order valence-electron chi connectivity index (χ4n) is 3.33. The van der Waals surface area contributed by atoms with Crippen molar-refractivity contribution in [3.63, 3.8) is 0 Å². The Morgan fingerprint density at radius 2 is 2.00 bits per heavy atom. The van der Waals surface area contributed by atoms with E-state index < -0.39 is 0 Å². The summed E-state index contributed by atoms with van der Waals surface area (Å²) in [5.74, 6) is 0. The number of hydrogen-bond donors (Lipinski definition) is 1. The van der Waals surface area contributed by atoms with Gasteiger partial charge in [-0.05, 0) is 37.8 Å². The van der Waals surface area contributed by atoms with E-state index in [1.165, 1.54) is 37.8 Å². The molecule has 1 aromatic carbocycles. The second kappa shape index (κ2) is 3.86. The number of rotatable bonds is 1. The summed E-state index contributed by atoms with van der Waals surface area (Å²) in [6, 6.07) is 11.5. The third-order valence-electron chi connectivity index (χ3n) is 4.18. The monoisotopic (exact) mass is 216 g/mol. The van der Waals surface area contributed by atoms with Gasteiger partial charge in [0, 0.05) is 18.1 Å². The molecule has 2 N–H and O–H groups in total. The first-order valence-corrected chi connectivity index (χ1v) is 6.35. The van der Waals surface area contributed by atoms with Gasteiger partial charge in [0.05, 0.1) is 0 Å². The van der Waals surface area contributed by atoms with Crippen molar-refractivity contribution in [3.05, 3.63) is 35.9 Å². The molecule has 2 heterocycles. The molecule has 1 aromatic rings. The number of piperidine rings is 2. The van der Waals surface area contributed by atoms with E-state index in [0.29, 0.717) is 6.04 Å². The van der Waals surface area contributed by atoms with Crippen LogP contribution in [0, 0.1) is 0 Å². The molecule has 2 bridgehead atoms. The van der Waals surface area contributed by atoms with E-state index in [4.69, 9.17) is 5.73 Å². The molecular weight excluding hydrogens is 196 g/mol. The van der Waals surface area contributed by atoms with Crippen molar-refractivity contribution < 1.29 is 0 Å². The zero-order valence-corrected chi connectivity index (χ0v) is 9.73. The maximum atomic E-state index is 6.40. The van der Waals surface area contributed by atoms with Gasteiger partial charge in [0.25, 0.3) is 0 Å². The Morgan fingerprint density at radius 3 is 2.81 bits per heavy atom. The Hall–Kier alpha value is -0.860. The highest BCUT2D eigenvalue weighted by atomic mass is 15.2. The largest absolute Gasteiger partial charge is 0.324 e. The number of hydrogen-bond acceptors (Lipinski definition) is 2. The molecule has 0 amide bonds. The minimum absolute atomic E-state index is 0.115. The van der Waals surface area contributed by atoms with E-state index in [9.17, 15) is 0 Å². The predicted octanol–water partition coefficient (Wildman–Crippen LogP) is 2.31. The number of nitrogens with two attached hydrogens (primary N) is 1. The van der Waals surface area contributed by atoms with Crippen LogP contribution in [0.3, 0.4) is 0 Å². The van der Waals surface area contributed by atoms with Crippen LogP contribution in [-0.4, -0.2) is 23.5 Å². The van der Waals surface area contributed by atoms with Gasteiger partial charge >= 0.3 is 0 Å². The number of fused-ring (bicyclic) bond motifs is 2. The number of benzene rings is 1. The summed E-state index contributed by atoms with van der Waals surface area (Å²) in [5, 5.41) is 0. The highest BCUT2D eigenvalue weighted by Crippen LogP contribution is 2.38. The van der Waals surface area contributed by atoms with Crippen LogP contribution < -0.4 is 5.73 Å². The standard InChI is InChI=1S/C14H20N2/c15-14-8-4-10-16(11-14)13(7-9-14)12-5-2-1-3-6-12/h1-3,5-6,13H,4,7-11,15H2/t13-,14-/m0/s1. The van der Waals surface area contributed by atoms with Crippen molar-refractivity contribution in [1.82, 2.24) is 4.90 Å². The third-order valence-corrected chi connectivity index (χ3v) is 4.18. The topological polar surface area (TPSA) is 29.3 Å². The average molecular weight is 216 g/mol. The molecule has 86 valence electrons. The normalized spacial score (nSPS) is 38.3. The van der Waals surface area contributed by atoms with Crippen molar-refractivity contribution >= 4 is 0 Å². The Bertz CT molecular complexity index is 362. The molecule has 2 fully saturated rings. The van der Waals surface area contributed by atoms with E-state index in [0.717, 1.165) is 6.54 Å². The zero-order valence-electron chi connectivity index (χ0n) is 9.73. The van der Waals surface area contributed by atoms with E-state index in [-0.39, 0.29) is 5.54 Å². The molecule has 0 aliphatic carbocycles. The molecular formula is C14H20N2. The molecule has 1 unspecified atom stereocenters. The lowest BCUT2D eigenvalue weighted by Gasteiger charge is -2.49. The highest BCUT2D eigenvalue weighted by Gasteiger charge is 2.39. The van der Waals surface area contributed by atoms with Gasteiger partial charge in [0.15, 0.2) is 0 Å². The first-order valence-electron chi connectivity index (χ1n) is 6.35. The molecule has 2 nitrogen and oxygen atoms in total. The fraction of sp³-hybridized carbons (Fsp3) is 0.571. The molecule has 2 saturated heterocycles. The second-order valence-corrected chi connectivity index (χ2v) is 5.40. The highest BCUT2D eigenvalue weighted by molar-refractivity contribution is 5.21. The van der Waals surface area contributed by atoms with Gasteiger partial charge in [-0.3, -0.25) is 4.90 Å². The van der Waals surface area contributed by atoms with Gasteiger partial charge in [-0.15, -0.1) is 0 Å². The molecule has 2 heteroatoms. The van der Waals surface area contributed by atoms with Gasteiger partial charge in [-0.1, -0.05) is 30.3 Å². The van der Waals surface area contributed by atoms with Gasteiger partial charge in [-0.25, -0.2) is 0 Å². The summed E-state index contributed by atoms with van der Waals surface area (Å²) >= 11 is 0. The Labute approximate surface area is 97.4 Å². The summed E-state index contributed by atoms with van der Waals surface area (Å²) in [7, 11) is 0. The van der Waals surface area contributed by atoms with Gasteiger partial charge in [0.1, 0.15) is 0 Å². The first-order chi connectivity index (χ1) is 7.77. The minimum atomic E-state index is 0.115. The fourth-order valence-corrected chi connectivity index (χ4v) is 3.33. The van der Waals surface area contributed by atoms with Gasteiger partial charge in [0.2, 0.25) is 0 Å². The van der Waals surface area contributed by atoms with Crippen molar-refractivity contribution in [3.8, 4) is 0 Å². The van der Waals surface area contributed by atoms with E-state index in [1.807, 2.05) is 0 Å². The molecule has 0 radical (unpaired) electrons. The Morgan fingerprint density at radius 1 is 1.19 bits per heavy atom. The van der Waals surface area contributed by atoms with E-state index in [1.54, 1.807) is 0 Å². The van der Waals surface area contributed by atoms with Crippen molar-refractivity contribution in [2.24, 2.45) is 5.73 Å². The average Bonchev–Trinajstić information content (AvgIpc) is 2.30. The molecule has 3 atom stereocenters. The summed E-state index contributed by atoms with van der Waals surface area (Å²) in [5.41, 5.74) is 7.98. The molecule has 3 rings (SSSR count). The lowest BCUT2D eigenvalue weighted by molar-refractivity contribution is 0.0479. The molecule has 0 aromatic heterocycles. The molecule has 2 aliphatic heterocycles. The van der Waals surface area contributed by atoms with Crippen LogP contribution in [0.2, 0.25) is 0 Å². The van der Waals surface area contributed by atoms with Gasteiger partial charge in [-0.2, -0.15) is 0 Å². The number of nitrogens with zero attached hydrogens (tertiary/aromatic N) is 1. The Balaban J connectivity index is 1.83. The maximum Gasteiger partial charge on any atom is 0.0349 e. The van der Waals surface area contributed by atoms with Crippen LogP contribution in [0.25, 0.3) is 0 Å². The molecule has 0 spiro atoms. The predicted molar refractivity (Wildman–Crippen MR) is 66.1 cm³/mol. The van der Waals surface area contributed by atoms with Gasteiger partial charge < -0.3 is 5.73 Å². The summed E-state index contributed by atoms with van der Waals surface area (Å²) < 4.78 is 0. The van der Waals surface area contributed by atoms with Crippen LogP contribution in [0.5, 0.6) is 0 Å². The first kappa shape index (κ1) is 10.3. The van der Waals surface area contributed by atoms with E-state index in [2.05, 4.69) is 35.2 Å². The lowest BCUT2D eigenvalue weighted by atomic mass is 9.78. The molecule has 2 aliphatic rings. The quantitative estimate of drug-likeness (QED) is 0.780. The summed E-state index contributed by atoms with van der Waals surface area (Å²) in [6.45, 7) is 2.31. The second-order valence-electron chi connectivity index (χ2n) is 5.40.